The first-order valence-corrected chi connectivity index (χ1v) is 7.85. The van der Waals surface area contributed by atoms with Crippen molar-refractivity contribution >= 4 is 11.6 Å². The number of H-pyrrole nitrogens is 1. The Kier molecular flexibility index (Phi) is 4.58. The van der Waals surface area contributed by atoms with Crippen LogP contribution in [-0.4, -0.2) is 10.2 Å². The van der Waals surface area contributed by atoms with Gasteiger partial charge in [0.25, 0.3) is 5.56 Å². The monoisotopic (exact) mass is 324 g/mol. The van der Waals surface area contributed by atoms with Crippen LogP contribution in [0.4, 0.5) is 0 Å². The predicted octanol–water partition coefficient (Wildman–Crippen LogP) is 3.91. The number of nitrogens with one attached hydrogen (secondary N) is 1. The number of benzene rings is 2. The van der Waals surface area contributed by atoms with Gasteiger partial charge in [-0.1, -0.05) is 41.9 Å². The van der Waals surface area contributed by atoms with Crippen molar-refractivity contribution in [3.05, 3.63) is 97.9 Å². The van der Waals surface area contributed by atoms with E-state index in [2.05, 4.69) is 41.4 Å². The molecule has 0 unspecified atom stereocenters. The summed E-state index contributed by atoms with van der Waals surface area (Å²) in [5.41, 5.74) is 5.56. The molecular weight excluding hydrogens is 308 g/mol. The summed E-state index contributed by atoms with van der Waals surface area (Å²) in [6, 6.07) is 17.6. The van der Waals surface area contributed by atoms with Gasteiger partial charge in [-0.25, -0.2) is 5.10 Å². The minimum atomic E-state index is -0.181. The maximum Gasteiger partial charge on any atom is 0.264 e. The lowest BCUT2D eigenvalue weighted by atomic mass is 9.97. The highest BCUT2D eigenvalue weighted by Gasteiger charge is 2.05. The lowest BCUT2D eigenvalue weighted by molar-refractivity contribution is 0.909. The molecule has 0 spiro atoms. The predicted molar refractivity (Wildman–Crippen MR) is 93.1 cm³/mol. The zero-order chi connectivity index (χ0) is 16.2. The molecule has 1 N–H and O–H groups in total. The highest BCUT2D eigenvalue weighted by molar-refractivity contribution is 6.30. The molecule has 0 saturated carbocycles. The Labute approximate surface area is 140 Å². The highest BCUT2D eigenvalue weighted by Crippen LogP contribution is 2.19. The number of aromatic amines is 1. The SMILES string of the molecule is Cc1ccc(Cc2ccc(=O)[nH]n2)cc1Cc1cccc(Cl)c1. The normalized spacial score (nSPS) is 10.7. The first-order valence-electron chi connectivity index (χ1n) is 7.47. The van der Waals surface area contributed by atoms with E-state index >= 15 is 0 Å². The third-order valence-electron chi connectivity index (χ3n) is 3.82. The molecule has 0 aliphatic rings. The summed E-state index contributed by atoms with van der Waals surface area (Å²) in [5, 5.41) is 7.30. The molecule has 23 heavy (non-hydrogen) atoms. The molecule has 0 bridgehead atoms. The second-order valence-electron chi connectivity index (χ2n) is 5.66. The summed E-state index contributed by atoms with van der Waals surface area (Å²) in [7, 11) is 0. The van der Waals surface area contributed by atoms with Crippen molar-refractivity contribution in [1.82, 2.24) is 10.2 Å². The number of nitrogens with zero attached hydrogens (tertiary/aromatic N) is 1. The minimum absolute atomic E-state index is 0.181. The maximum atomic E-state index is 11.1. The summed E-state index contributed by atoms with van der Waals surface area (Å²) < 4.78 is 0. The van der Waals surface area contributed by atoms with Gasteiger partial charge in [0.05, 0.1) is 5.69 Å². The molecule has 3 rings (SSSR count). The van der Waals surface area contributed by atoms with E-state index in [0.29, 0.717) is 6.42 Å². The Morgan fingerprint density at radius 1 is 1.00 bits per heavy atom. The number of rotatable bonds is 4. The summed E-state index contributed by atoms with van der Waals surface area (Å²) in [4.78, 5) is 11.1. The first kappa shape index (κ1) is 15.5. The van der Waals surface area contributed by atoms with Crippen molar-refractivity contribution in [2.24, 2.45) is 0 Å². The molecule has 0 fully saturated rings. The Bertz CT molecular complexity index is 866. The molecule has 0 saturated heterocycles. The number of hydrogen-bond donors (Lipinski definition) is 1. The van der Waals surface area contributed by atoms with Crippen molar-refractivity contribution in [2.45, 2.75) is 19.8 Å². The van der Waals surface area contributed by atoms with Gasteiger partial charge < -0.3 is 0 Å². The highest BCUT2D eigenvalue weighted by atomic mass is 35.5. The van der Waals surface area contributed by atoms with E-state index in [9.17, 15) is 4.79 Å². The average Bonchev–Trinajstić information content (AvgIpc) is 2.53. The smallest absolute Gasteiger partial charge is 0.264 e. The Balaban J connectivity index is 1.84. The number of aryl methyl sites for hydroxylation is 1. The van der Waals surface area contributed by atoms with Gasteiger partial charge in [-0.2, -0.15) is 5.10 Å². The first-order chi connectivity index (χ1) is 11.1. The van der Waals surface area contributed by atoms with Gasteiger partial charge in [-0.3, -0.25) is 4.79 Å². The van der Waals surface area contributed by atoms with Gasteiger partial charge in [0.2, 0.25) is 0 Å². The van der Waals surface area contributed by atoms with Crippen LogP contribution in [0, 0.1) is 6.92 Å². The topological polar surface area (TPSA) is 45.8 Å². The molecule has 0 aliphatic carbocycles. The second-order valence-corrected chi connectivity index (χ2v) is 6.09. The fourth-order valence-electron chi connectivity index (χ4n) is 2.57. The molecule has 1 heterocycles. The molecule has 0 amide bonds. The maximum absolute atomic E-state index is 11.1. The van der Waals surface area contributed by atoms with Gasteiger partial charge in [-0.15, -0.1) is 0 Å². The van der Waals surface area contributed by atoms with E-state index in [0.717, 1.165) is 17.1 Å². The van der Waals surface area contributed by atoms with Crippen LogP contribution in [0.1, 0.15) is 27.9 Å². The molecule has 4 heteroatoms. The average molecular weight is 325 g/mol. The second kappa shape index (κ2) is 6.80. The van der Waals surface area contributed by atoms with Crippen LogP contribution in [0.2, 0.25) is 5.02 Å². The van der Waals surface area contributed by atoms with Crippen LogP contribution >= 0.6 is 11.6 Å². The summed E-state index contributed by atoms with van der Waals surface area (Å²) >= 11 is 6.06. The van der Waals surface area contributed by atoms with Crippen molar-refractivity contribution in [3.63, 3.8) is 0 Å². The van der Waals surface area contributed by atoms with Gasteiger partial charge in [-0.05, 0) is 53.8 Å². The van der Waals surface area contributed by atoms with E-state index in [4.69, 9.17) is 11.6 Å². The number of aromatic nitrogens is 2. The molecule has 0 atom stereocenters. The molecule has 2 aromatic carbocycles. The summed E-state index contributed by atoms with van der Waals surface area (Å²) in [5.74, 6) is 0. The van der Waals surface area contributed by atoms with Gasteiger partial charge in [0.1, 0.15) is 0 Å². The van der Waals surface area contributed by atoms with Crippen LogP contribution in [0.5, 0.6) is 0 Å². The number of hydrogen-bond acceptors (Lipinski definition) is 2. The zero-order valence-electron chi connectivity index (χ0n) is 12.8. The summed E-state index contributed by atoms with van der Waals surface area (Å²) in [6.45, 7) is 2.11. The Morgan fingerprint density at radius 3 is 2.57 bits per heavy atom. The van der Waals surface area contributed by atoms with Gasteiger partial charge in [0, 0.05) is 17.5 Å². The third-order valence-corrected chi connectivity index (χ3v) is 4.05. The molecule has 1 aromatic heterocycles. The van der Waals surface area contributed by atoms with Crippen molar-refractivity contribution in [1.29, 1.82) is 0 Å². The van der Waals surface area contributed by atoms with Gasteiger partial charge in [0.15, 0.2) is 0 Å². The Morgan fingerprint density at radius 2 is 1.83 bits per heavy atom. The van der Waals surface area contributed by atoms with E-state index in [1.165, 1.54) is 28.3 Å². The van der Waals surface area contributed by atoms with Crippen LogP contribution in [0.15, 0.2) is 59.4 Å². The van der Waals surface area contributed by atoms with E-state index in [1.54, 1.807) is 6.07 Å². The van der Waals surface area contributed by atoms with E-state index in [1.807, 2.05) is 18.2 Å². The molecule has 0 aliphatic heterocycles. The zero-order valence-corrected chi connectivity index (χ0v) is 13.6. The third kappa shape index (κ3) is 4.08. The van der Waals surface area contributed by atoms with Crippen LogP contribution in [-0.2, 0) is 12.8 Å². The van der Waals surface area contributed by atoms with Crippen LogP contribution in [0.25, 0.3) is 0 Å². The fraction of sp³-hybridized carbons (Fsp3) is 0.158. The van der Waals surface area contributed by atoms with E-state index < -0.39 is 0 Å². The Hall–Kier alpha value is -2.39. The lowest BCUT2D eigenvalue weighted by Gasteiger charge is -2.09. The van der Waals surface area contributed by atoms with Crippen molar-refractivity contribution in [2.75, 3.05) is 0 Å². The standard InChI is InChI=1S/C19H17ClN2O/c1-13-5-6-15(12-18-7-8-19(23)22-21-18)10-16(13)9-14-3-2-4-17(20)11-14/h2-8,10-11H,9,12H2,1H3,(H,22,23). The van der Waals surface area contributed by atoms with Crippen LogP contribution < -0.4 is 5.56 Å². The quantitative estimate of drug-likeness (QED) is 0.790. The van der Waals surface area contributed by atoms with E-state index in [-0.39, 0.29) is 5.56 Å². The molecule has 0 radical (unpaired) electrons. The molecule has 3 aromatic rings. The van der Waals surface area contributed by atoms with Gasteiger partial charge >= 0.3 is 0 Å². The van der Waals surface area contributed by atoms with Crippen molar-refractivity contribution in [3.8, 4) is 0 Å². The van der Waals surface area contributed by atoms with Crippen LogP contribution in [0.3, 0.4) is 0 Å². The molecule has 3 nitrogen and oxygen atoms in total. The fourth-order valence-corrected chi connectivity index (χ4v) is 2.79. The molecule has 116 valence electrons. The van der Waals surface area contributed by atoms with Crippen molar-refractivity contribution < 1.29 is 0 Å². The number of halogens is 1. The largest absolute Gasteiger partial charge is 0.268 e. The lowest BCUT2D eigenvalue weighted by Crippen LogP contribution is -2.07. The molecular formula is C19H17ClN2O. The minimum Gasteiger partial charge on any atom is -0.268 e. The summed E-state index contributed by atoms with van der Waals surface area (Å²) in [6.07, 6.45) is 1.54.